The van der Waals surface area contributed by atoms with E-state index < -0.39 is 4.92 Å². The number of nitro groups is 1. The number of benzene rings is 1. The highest BCUT2D eigenvalue weighted by Gasteiger charge is 2.10. The van der Waals surface area contributed by atoms with E-state index in [4.69, 9.17) is 0 Å². The standard InChI is InChI=1S/C15H11N3O3/c1-10-6-12(9-19)15-16-14(8-17(15)7-10)11-2-4-13(5-3-11)18(20)21/h2-9H,1H3. The number of aldehydes is 1. The van der Waals surface area contributed by atoms with E-state index in [0.29, 0.717) is 16.9 Å². The van der Waals surface area contributed by atoms with E-state index in [-0.39, 0.29) is 5.69 Å². The number of imidazole rings is 1. The van der Waals surface area contributed by atoms with Gasteiger partial charge in [0, 0.05) is 30.1 Å². The molecule has 3 rings (SSSR count). The molecule has 0 saturated carbocycles. The van der Waals surface area contributed by atoms with Crippen LogP contribution in [0.2, 0.25) is 0 Å². The molecule has 3 aromatic rings. The predicted molar refractivity (Wildman–Crippen MR) is 77.4 cm³/mol. The third-order valence-electron chi connectivity index (χ3n) is 3.22. The monoisotopic (exact) mass is 281 g/mol. The Morgan fingerprint density at radius 1 is 1.24 bits per heavy atom. The second kappa shape index (κ2) is 4.82. The largest absolute Gasteiger partial charge is 0.306 e. The molecule has 0 saturated heterocycles. The van der Waals surface area contributed by atoms with Crippen molar-refractivity contribution >= 4 is 17.6 Å². The fraction of sp³-hybridized carbons (Fsp3) is 0.0667. The summed E-state index contributed by atoms with van der Waals surface area (Å²) in [5.41, 5.74) is 3.51. The van der Waals surface area contributed by atoms with Gasteiger partial charge in [-0.1, -0.05) is 0 Å². The highest BCUT2D eigenvalue weighted by atomic mass is 16.6. The van der Waals surface area contributed by atoms with Crippen LogP contribution in [0.4, 0.5) is 5.69 Å². The first-order valence-corrected chi connectivity index (χ1v) is 6.28. The molecule has 0 bridgehead atoms. The Hall–Kier alpha value is -3.02. The first-order valence-electron chi connectivity index (χ1n) is 6.28. The zero-order valence-corrected chi connectivity index (χ0v) is 11.2. The van der Waals surface area contributed by atoms with Gasteiger partial charge in [-0.2, -0.15) is 0 Å². The molecule has 0 aliphatic carbocycles. The number of non-ortho nitro benzene ring substituents is 1. The molecular weight excluding hydrogens is 270 g/mol. The summed E-state index contributed by atoms with van der Waals surface area (Å²) in [5.74, 6) is 0. The van der Waals surface area contributed by atoms with E-state index in [0.717, 1.165) is 17.4 Å². The van der Waals surface area contributed by atoms with E-state index in [1.165, 1.54) is 12.1 Å². The number of hydrogen-bond acceptors (Lipinski definition) is 4. The minimum Gasteiger partial charge on any atom is -0.306 e. The maximum absolute atomic E-state index is 11.1. The first kappa shape index (κ1) is 13.0. The van der Waals surface area contributed by atoms with Crippen molar-refractivity contribution in [1.29, 1.82) is 0 Å². The van der Waals surface area contributed by atoms with Crippen molar-refractivity contribution in [2.45, 2.75) is 6.92 Å². The molecule has 0 aliphatic rings. The molecule has 0 N–H and O–H groups in total. The van der Waals surface area contributed by atoms with E-state index in [1.54, 1.807) is 28.8 Å². The lowest BCUT2D eigenvalue weighted by atomic mass is 10.1. The molecule has 0 spiro atoms. The maximum atomic E-state index is 11.1. The molecule has 104 valence electrons. The van der Waals surface area contributed by atoms with Crippen LogP contribution in [-0.2, 0) is 0 Å². The number of nitro benzene ring substituents is 1. The molecule has 0 unspecified atom stereocenters. The summed E-state index contributed by atoms with van der Waals surface area (Å²) in [6, 6.07) is 7.94. The van der Waals surface area contributed by atoms with Gasteiger partial charge < -0.3 is 4.40 Å². The van der Waals surface area contributed by atoms with Gasteiger partial charge in [0.25, 0.3) is 5.69 Å². The number of aryl methyl sites for hydroxylation is 1. The van der Waals surface area contributed by atoms with Crippen molar-refractivity contribution in [2.24, 2.45) is 0 Å². The van der Waals surface area contributed by atoms with Gasteiger partial charge in [0.05, 0.1) is 16.2 Å². The quantitative estimate of drug-likeness (QED) is 0.420. The fourth-order valence-electron chi connectivity index (χ4n) is 2.25. The average Bonchev–Trinajstić information content (AvgIpc) is 2.90. The number of carbonyl (C=O) groups excluding carboxylic acids is 1. The van der Waals surface area contributed by atoms with Crippen molar-refractivity contribution in [3.63, 3.8) is 0 Å². The molecule has 2 heterocycles. The van der Waals surface area contributed by atoms with E-state index in [9.17, 15) is 14.9 Å². The van der Waals surface area contributed by atoms with Crippen LogP contribution in [-0.4, -0.2) is 20.6 Å². The summed E-state index contributed by atoms with van der Waals surface area (Å²) in [5, 5.41) is 10.7. The van der Waals surface area contributed by atoms with Crippen LogP contribution < -0.4 is 0 Å². The van der Waals surface area contributed by atoms with Gasteiger partial charge in [0.1, 0.15) is 5.65 Å². The van der Waals surface area contributed by atoms with Gasteiger partial charge >= 0.3 is 0 Å². The molecular formula is C15H11N3O3. The normalized spacial score (nSPS) is 10.7. The van der Waals surface area contributed by atoms with E-state index in [1.807, 2.05) is 13.1 Å². The summed E-state index contributed by atoms with van der Waals surface area (Å²) >= 11 is 0. The summed E-state index contributed by atoms with van der Waals surface area (Å²) in [6.07, 6.45) is 4.45. The zero-order valence-electron chi connectivity index (χ0n) is 11.2. The topological polar surface area (TPSA) is 77.5 Å². The Balaban J connectivity index is 2.12. The van der Waals surface area contributed by atoms with Crippen LogP contribution in [0, 0.1) is 17.0 Å². The lowest BCUT2D eigenvalue weighted by Gasteiger charge is -1.98. The van der Waals surface area contributed by atoms with Crippen molar-refractivity contribution in [2.75, 3.05) is 0 Å². The van der Waals surface area contributed by atoms with Crippen LogP contribution in [0.25, 0.3) is 16.9 Å². The van der Waals surface area contributed by atoms with Gasteiger partial charge in [-0.3, -0.25) is 14.9 Å². The number of hydrogen-bond donors (Lipinski definition) is 0. The summed E-state index contributed by atoms with van der Waals surface area (Å²) < 4.78 is 1.79. The first-order chi connectivity index (χ1) is 10.1. The molecule has 1 aromatic carbocycles. The summed E-state index contributed by atoms with van der Waals surface area (Å²) in [4.78, 5) is 25.8. The zero-order chi connectivity index (χ0) is 15.0. The van der Waals surface area contributed by atoms with E-state index >= 15 is 0 Å². The Kier molecular flexibility index (Phi) is 2.98. The molecule has 0 aliphatic heterocycles. The molecule has 0 atom stereocenters. The minimum absolute atomic E-state index is 0.0342. The molecule has 0 fully saturated rings. The fourth-order valence-corrected chi connectivity index (χ4v) is 2.25. The number of nitrogens with zero attached hydrogens (tertiary/aromatic N) is 3. The molecule has 0 amide bonds. The van der Waals surface area contributed by atoms with Crippen molar-refractivity contribution in [3.05, 3.63) is 64.0 Å². The van der Waals surface area contributed by atoms with Gasteiger partial charge in [-0.05, 0) is 30.7 Å². The number of rotatable bonds is 3. The number of fused-ring (bicyclic) bond motifs is 1. The van der Waals surface area contributed by atoms with Crippen LogP contribution in [0.15, 0.2) is 42.7 Å². The van der Waals surface area contributed by atoms with Gasteiger partial charge in [0.15, 0.2) is 6.29 Å². The maximum Gasteiger partial charge on any atom is 0.269 e. The van der Waals surface area contributed by atoms with Crippen LogP contribution >= 0.6 is 0 Å². The Labute approximate surface area is 119 Å². The molecule has 0 radical (unpaired) electrons. The molecule has 6 heteroatoms. The minimum atomic E-state index is -0.443. The molecule has 2 aromatic heterocycles. The lowest BCUT2D eigenvalue weighted by molar-refractivity contribution is -0.384. The number of pyridine rings is 1. The number of aromatic nitrogens is 2. The summed E-state index contributed by atoms with van der Waals surface area (Å²) in [6.45, 7) is 1.90. The van der Waals surface area contributed by atoms with Crippen molar-refractivity contribution in [1.82, 2.24) is 9.38 Å². The van der Waals surface area contributed by atoms with Crippen molar-refractivity contribution < 1.29 is 9.72 Å². The van der Waals surface area contributed by atoms with E-state index in [2.05, 4.69) is 4.98 Å². The second-order valence-corrected chi connectivity index (χ2v) is 4.75. The number of carbonyl (C=O) groups is 1. The molecule has 21 heavy (non-hydrogen) atoms. The van der Waals surface area contributed by atoms with Gasteiger partial charge in [-0.15, -0.1) is 0 Å². The highest BCUT2D eigenvalue weighted by Crippen LogP contribution is 2.23. The SMILES string of the molecule is Cc1cc(C=O)c2nc(-c3ccc([N+](=O)[O-])cc3)cn2c1. The third-order valence-corrected chi connectivity index (χ3v) is 3.22. The highest BCUT2D eigenvalue weighted by molar-refractivity contribution is 5.85. The predicted octanol–water partition coefficient (Wildman–Crippen LogP) is 3.03. The van der Waals surface area contributed by atoms with Crippen LogP contribution in [0.3, 0.4) is 0 Å². The lowest BCUT2D eigenvalue weighted by Crippen LogP contribution is -1.91. The van der Waals surface area contributed by atoms with Crippen LogP contribution in [0.1, 0.15) is 15.9 Å². The molecule has 6 nitrogen and oxygen atoms in total. The van der Waals surface area contributed by atoms with Gasteiger partial charge in [-0.25, -0.2) is 4.98 Å². The van der Waals surface area contributed by atoms with Crippen molar-refractivity contribution in [3.8, 4) is 11.3 Å². The Morgan fingerprint density at radius 3 is 2.57 bits per heavy atom. The second-order valence-electron chi connectivity index (χ2n) is 4.75. The summed E-state index contributed by atoms with van der Waals surface area (Å²) in [7, 11) is 0. The smallest absolute Gasteiger partial charge is 0.269 e. The Bertz CT molecular complexity index is 850. The average molecular weight is 281 g/mol. The van der Waals surface area contributed by atoms with Gasteiger partial charge in [0.2, 0.25) is 0 Å². The van der Waals surface area contributed by atoms with Crippen LogP contribution in [0.5, 0.6) is 0 Å². The third kappa shape index (κ3) is 2.27. The Morgan fingerprint density at radius 2 is 1.95 bits per heavy atom.